The highest BCUT2D eigenvalue weighted by Gasteiger charge is 2.23. The zero-order valence-corrected chi connectivity index (χ0v) is 16.1. The van der Waals surface area contributed by atoms with Gasteiger partial charge in [0.2, 0.25) is 0 Å². The van der Waals surface area contributed by atoms with Crippen LogP contribution in [-0.2, 0) is 6.54 Å². The van der Waals surface area contributed by atoms with E-state index in [0.717, 1.165) is 19.6 Å². The van der Waals surface area contributed by atoms with Gasteiger partial charge in [-0.25, -0.2) is 4.98 Å². The Kier molecular flexibility index (Phi) is 4.52. The Morgan fingerprint density at radius 3 is 2.56 bits per heavy atom. The summed E-state index contributed by atoms with van der Waals surface area (Å²) in [5.41, 5.74) is 8.42. The van der Waals surface area contributed by atoms with Gasteiger partial charge in [-0.05, 0) is 43.1 Å². The molecule has 5 rings (SSSR count). The molecule has 2 aromatic heterocycles. The highest BCUT2D eigenvalue weighted by atomic mass is 32.1. The van der Waals surface area contributed by atoms with Crippen molar-refractivity contribution < 1.29 is 0 Å². The molecule has 0 aliphatic carbocycles. The van der Waals surface area contributed by atoms with Crippen LogP contribution in [0.3, 0.4) is 0 Å². The lowest BCUT2D eigenvalue weighted by Crippen LogP contribution is -2.32. The van der Waals surface area contributed by atoms with E-state index < -0.39 is 0 Å². The third kappa shape index (κ3) is 3.31. The van der Waals surface area contributed by atoms with E-state index in [9.17, 15) is 0 Å². The van der Waals surface area contributed by atoms with Crippen molar-refractivity contribution >= 4 is 22.2 Å². The van der Waals surface area contributed by atoms with Crippen molar-refractivity contribution in [1.82, 2.24) is 14.9 Å². The van der Waals surface area contributed by atoms with Crippen LogP contribution in [0.4, 0.5) is 0 Å². The summed E-state index contributed by atoms with van der Waals surface area (Å²) < 4.78 is 0. The predicted molar refractivity (Wildman–Crippen MR) is 113 cm³/mol. The van der Waals surface area contributed by atoms with Crippen LogP contribution in [-0.4, -0.2) is 28.0 Å². The van der Waals surface area contributed by atoms with Crippen molar-refractivity contribution in [2.45, 2.75) is 25.3 Å². The lowest BCUT2D eigenvalue weighted by Gasteiger charge is -2.31. The van der Waals surface area contributed by atoms with Gasteiger partial charge in [0.15, 0.2) is 0 Å². The molecule has 1 saturated heterocycles. The quantitative estimate of drug-likeness (QED) is 0.500. The number of aromatic amines is 1. The monoisotopic (exact) mass is 373 g/mol. The van der Waals surface area contributed by atoms with Gasteiger partial charge in [-0.15, -0.1) is 11.3 Å². The van der Waals surface area contributed by atoms with E-state index in [2.05, 4.69) is 74.8 Å². The summed E-state index contributed by atoms with van der Waals surface area (Å²) in [6, 6.07) is 19.4. The molecule has 27 heavy (non-hydrogen) atoms. The van der Waals surface area contributed by atoms with Gasteiger partial charge in [-0.2, -0.15) is 0 Å². The number of benzene rings is 2. The number of nitrogens with zero attached hydrogens (tertiary/aromatic N) is 2. The number of piperidine rings is 1. The number of aromatic nitrogens is 2. The summed E-state index contributed by atoms with van der Waals surface area (Å²) in [5.74, 6) is 0.629. The second-order valence-corrected chi connectivity index (χ2v) is 8.07. The minimum Gasteiger partial charge on any atom is -0.354 e. The number of hydrogen-bond donors (Lipinski definition) is 1. The van der Waals surface area contributed by atoms with E-state index in [-0.39, 0.29) is 0 Å². The maximum atomic E-state index is 4.53. The molecule has 0 radical (unpaired) electrons. The molecule has 1 aliphatic rings. The number of likely N-dealkylation sites (tertiary alicyclic amines) is 1. The summed E-state index contributed by atoms with van der Waals surface area (Å²) >= 11 is 1.71. The minimum absolute atomic E-state index is 0.629. The second kappa shape index (κ2) is 7.29. The van der Waals surface area contributed by atoms with Crippen molar-refractivity contribution in [2.75, 3.05) is 13.1 Å². The summed E-state index contributed by atoms with van der Waals surface area (Å²) in [6.07, 6.45) is 2.40. The molecule has 0 amide bonds. The first-order valence-electron chi connectivity index (χ1n) is 9.64. The van der Waals surface area contributed by atoms with Crippen molar-refractivity contribution in [3.8, 4) is 11.3 Å². The zero-order valence-electron chi connectivity index (χ0n) is 15.3. The van der Waals surface area contributed by atoms with E-state index in [1.54, 1.807) is 11.3 Å². The molecule has 4 aromatic rings. The van der Waals surface area contributed by atoms with Crippen LogP contribution in [0.15, 0.2) is 65.5 Å². The van der Waals surface area contributed by atoms with Gasteiger partial charge in [-0.1, -0.05) is 48.5 Å². The highest BCUT2D eigenvalue weighted by molar-refractivity contribution is 7.07. The fourth-order valence-corrected chi connectivity index (χ4v) is 4.89. The van der Waals surface area contributed by atoms with E-state index in [4.69, 9.17) is 0 Å². The number of hydrogen-bond acceptors (Lipinski definition) is 3. The molecule has 0 atom stereocenters. The number of rotatable bonds is 4. The lowest BCUT2D eigenvalue weighted by molar-refractivity contribution is 0.204. The van der Waals surface area contributed by atoms with Gasteiger partial charge >= 0.3 is 0 Å². The number of para-hydroxylation sites is 1. The first kappa shape index (κ1) is 16.7. The Balaban J connectivity index is 1.42. The van der Waals surface area contributed by atoms with Crippen molar-refractivity contribution in [3.05, 3.63) is 76.7 Å². The maximum Gasteiger partial charge on any atom is 0.0794 e. The smallest absolute Gasteiger partial charge is 0.0794 e. The van der Waals surface area contributed by atoms with Crippen LogP contribution in [0, 0.1) is 0 Å². The van der Waals surface area contributed by atoms with Gasteiger partial charge in [0.25, 0.3) is 0 Å². The molecule has 1 aliphatic heterocycles. The highest BCUT2D eigenvalue weighted by Crippen LogP contribution is 2.33. The Bertz CT molecular complexity index is 1010. The van der Waals surface area contributed by atoms with Crippen LogP contribution < -0.4 is 0 Å². The maximum absolute atomic E-state index is 4.53. The molecule has 3 heterocycles. The molecule has 0 bridgehead atoms. The SMILES string of the molecule is c1ccc(-c2[nH]c3ccccc3c2CN2CCC(c3cscn3)CC2)cc1. The second-order valence-electron chi connectivity index (χ2n) is 7.35. The van der Waals surface area contributed by atoms with Crippen LogP contribution in [0.1, 0.15) is 30.0 Å². The summed E-state index contributed by atoms with van der Waals surface area (Å²) in [5, 5.41) is 3.56. The molecule has 0 spiro atoms. The number of thiazole rings is 1. The predicted octanol–water partition coefficient (Wildman–Crippen LogP) is 5.67. The van der Waals surface area contributed by atoms with Gasteiger partial charge in [0.1, 0.15) is 0 Å². The fourth-order valence-electron chi connectivity index (χ4n) is 4.25. The van der Waals surface area contributed by atoms with E-state index >= 15 is 0 Å². The molecule has 0 saturated carbocycles. The topological polar surface area (TPSA) is 31.9 Å². The van der Waals surface area contributed by atoms with Crippen molar-refractivity contribution in [2.24, 2.45) is 0 Å². The van der Waals surface area contributed by atoms with E-state index in [1.165, 1.54) is 46.3 Å². The molecule has 2 aromatic carbocycles. The largest absolute Gasteiger partial charge is 0.354 e. The Morgan fingerprint density at radius 1 is 1.00 bits per heavy atom. The first-order chi connectivity index (χ1) is 13.4. The summed E-state index contributed by atoms with van der Waals surface area (Å²) in [7, 11) is 0. The average Bonchev–Trinajstić information content (AvgIpc) is 3.38. The third-order valence-electron chi connectivity index (χ3n) is 5.72. The molecule has 136 valence electrons. The van der Waals surface area contributed by atoms with Crippen molar-refractivity contribution in [1.29, 1.82) is 0 Å². The number of nitrogens with one attached hydrogen (secondary N) is 1. The number of H-pyrrole nitrogens is 1. The Labute approximate surface area is 163 Å². The zero-order chi connectivity index (χ0) is 18.1. The molecule has 4 heteroatoms. The lowest BCUT2D eigenvalue weighted by atomic mass is 9.93. The number of fused-ring (bicyclic) bond motifs is 1. The normalized spacial score (nSPS) is 16.1. The van der Waals surface area contributed by atoms with Gasteiger partial charge < -0.3 is 4.98 Å². The average molecular weight is 374 g/mol. The first-order valence-corrected chi connectivity index (χ1v) is 10.6. The van der Waals surface area contributed by atoms with Crippen molar-refractivity contribution in [3.63, 3.8) is 0 Å². The van der Waals surface area contributed by atoms with Crippen LogP contribution in [0.25, 0.3) is 22.2 Å². The molecule has 3 nitrogen and oxygen atoms in total. The Morgan fingerprint density at radius 2 is 1.78 bits per heavy atom. The standard InChI is InChI=1S/C23H23N3S/c1-2-6-18(7-3-1)23-20(19-8-4-5-9-21(19)25-23)14-26-12-10-17(11-13-26)22-15-27-16-24-22/h1-9,15-17,25H,10-14H2. The molecule has 0 unspecified atom stereocenters. The minimum atomic E-state index is 0.629. The Hall–Kier alpha value is -2.43. The van der Waals surface area contributed by atoms with Gasteiger partial charge in [-0.3, -0.25) is 4.90 Å². The third-order valence-corrected chi connectivity index (χ3v) is 6.32. The van der Waals surface area contributed by atoms with Crippen LogP contribution in [0.2, 0.25) is 0 Å². The molecular formula is C23H23N3S. The fraction of sp³-hybridized carbons (Fsp3) is 0.261. The van der Waals surface area contributed by atoms with Crippen LogP contribution >= 0.6 is 11.3 Å². The van der Waals surface area contributed by atoms with E-state index in [1.807, 2.05) is 5.51 Å². The summed E-state index contributed by atoms with van der Waals surface area (Å²) in [4.78, 5) is 10.8. The van der Waals surface area contributed by atoms with Gasteiger partial charge in [0, 0.05) is 28.7 Å². The van der Waals surface area contributed by atoms with Gasteiger partial charge in [0.05, 0.1) is 16.9 Å². The molecule has 1 fully saturated rings. The molecular weight excluding hydrogens is 350 g/mol. The van der Waals surface area contributed by atoms with Crippen LogP contribution in [0.5, 0.6) is 0 Å². The summed E-state index contributed by atoms with van der Waals surface area (Å²) in [6.45, 7) is 3.27. The molecule has 1 N–H and O–H groups in total. The van der Waals surface area contributed by atoms with E-state index in [0.29, 0.717) is 5.92 Å².